The second-order valence-electron chi connectivity index (χ2n) is 4.05. The van der Waals surface area contributed by atoms with Gasteiger partial charge in [-0.2, -0.15) is 0 Å². The van der Waals surface area contributed by atoms with Crippen molar-refractivity contribution in [3.8, 4) is 5.69 Å². The van der Waals surface area contributed by atoms with Crippen LogP contribution in [0.4, 0.5) is 0 Å². The molecule has 0 radical (unpaired) electrons. The molecule has 1 aromatic carbocycles. The summed E-state index contributed by atoms with van der Waals surface area (Å²) in [5.41, 5.74) is 1.63. The van der Waals surface area contributed by atoms with Crippen LogP contribution in [0.5, 0.6) is 0 Å². The highest BCUT2D eigenvalue weighted by Gasteiger charge is 2.02. The number of aliphatic carboxylic acids is 1. The highest BCUT2D eigenvalue weighted by Crippen LogP contribution is 2.11. The maximum atomic E-state index is 11.5. The first-order chi connectivity index (χ1) is 8.66. The van der Waals surface area contributed by atoms with Crippen molar-refractivity contribution in [1.82, 2.24) is 9.55 Å². The van der Waals surface area contributed by atoms with Gasteiger partial charge in [0.25, 0.3) is 0 Å². The number of carbonyl (C=O) groups is 1. The quantitative estimate of drug-likeness (QED) is 0.840. The van der Waals surface area contributed by atoms with Gasteiger partial charge in [-0.05, 0) is 30.5 Å². The molecule has 2 N–H and O–H groups in total. The van der Waals surface area contributed by atoms with E-state index in [-0.39, 0.29) is 12.1 Å². The number of aryl methyl sites for hydroxylation is 1. The fraction of sp³-hybridized carbons (Fsp3) is 0.231. The molecular weight excluding hydrogens is 232 g/mol. The van der Waals surface area contributed by atoms with Gasteiger partial charge in [0.15, 0.2) is 0 Å². The third-order valence-corrected chi connectivity index (χ3v) is 2.69. The van der Waals surface area contributed by atoms with Crippen LogP contribution < -0.4 is 5.69 Å². The van der Waals surface area contributed by atoms with Gasteiger partial charge in [0.05, 0.1) is 5.69 Å². The lowest BCUT2D eigenvalue weighted by atomic mass is 10.1. The SMILES string of the molecule is O=C(O)CCCc1cccc(-n2cc[nH]c2=O)c1. The molecule has 0 atom stereocenters. The fourth-order valence-corrected chi connectivity index (χ4v) is 1.83. The third-order valence-electron chi connectivity index (χ3n) is 2.69. The number of benzene rings is 1. The van der Waals surface area contributed by atoms with Crippen molar-refractivity contribution < 1.29 is 9.90 Å². The van der Waals surface area contributed by atoms with E-state index < -0.39 is 5.97 Å². The molecule has 2 aromatic rings. The molecule has 0 unspecified atom stereocenters. The molecule has 0 aliphatic heterocycles. The van der Waals surface area contributed by atoms with Crippen molar-refractivity contribution in [1.29, 1.82) is 0 Å². The Labute approximate surface area is 104 Å². The van der Waals surface area contributed by atoms with Crippen molar-refractivity contribution >= 4 is 5.97 Å². The summed E-state index contributed by atoms with van der Waals surface area (Å²) in [6.07, 6.45) is 4.70. The van der Waals surface area contributed by atoms with E-state index >= 15 is 0 Å². The summed E-state index contributed by atoms with van der Waals surface area (Å²) in [5.74, 6) is -0.784. The van der Waals surface area contributed by atoms with Crippen molar-refractivity contribution in [2.45, 2.75) is 19.3 Å². The molecule has 18 heavy (non-hydrogen) atoms. The zero-order chi connectivity index (χ0) is 13.0. The lowest BCUT2D eigenvalue weighted by Gasteiger charge is -2.04. The third kappa shape index (κ3) is 2.88. The normalized spacial score (nSPS) is 10.4. The van der Waals surface area contributed by atoms with Crippen LogP contribution in [-0.4, -0.2) is 20.6 Å². The minimum absolute atomic E-state index is 0.161. The molecule has 1 heterocycles. The van der Waals surface area contributed by atoms with E-state index in [0.717, 1.165) is 11.3 Å². The van der Waals surface area contributed by atoms with Gasteiger partial charge in [-0.25, -0.2) is 4.79 Å². The molecule has 0 fully saturated rings. The second kappa shape index (κ2) is 5.35. The zero-order valence-corrected chi connectivity index (χ0v) is 9.80. The average molecular weight is 246 g/mol. The molecular formula is C13H14N2O3. The standard InChI is InChI=1S/C13H14N2O3/c16-12(17)6-2-4-10-3-1-5-11(9-10)15-8-7-14-13(15)18/h1,3,5,7-9H,2,4,6H2,(H,14,18)(H,16,17). The van der Waals surface area contributed by atoms with Gasteiger partial charge in [-0.1, -0.05) is 12.1 Å². The van der Waals surface area contributed by atoms with Crippen LogP contribution in [0.3, 0.4) is 0 Å². The minimum atomic E-state index is -0.784. The summed E-state index contributed by atoms with van der Waals surface area (Å²) in [6.45, 7) is 0. The van der Waals surface area contributed by atoms with Crippen molar-refractivity contribution in [2.24, 2.45) is 0 Å². The van der Waals surface area contributed by atoms with Crippen LogP contribution in [0.2, 0.25) is 0 Å². The maximum Gasteiger partial charge on any atom is 0.330 e. The van der Waals surface area contributed by atoms with Gasteiger partial charge in [0, 0.05) is 18.8 Å². The monoisotopic (exact) mass is 246 g/mol. The highest BCUT2D eigenvalue weighted by molar-refractivity contribution is 5.66. The Morgan fingerprint density at radius 1 is 1.39 bits per heavy atom. The van der Waals surface area contributed by atoms with E-state index in [1.165, 1.54) is 4.57 Å². The Kier molecular flexibility index (Phi) is 3.62. The number of carboxylic acid groups (broad SMARTS) is 1. The number of imidazole rings is 1. The maximum absolute atomic E-state index is 11.5. The molecule has 0 aliphatic rings. The van der Waals surface area contributed by atoms with Gasteiger partial charge < -0.3 is 10.1 Å². The molecule has 0 bridgehead atoms. The van der Waals surface area contributed by atoms with Gasteiger partial charge in [-0.3, -0.25) is 9.36 Å². The Morgan fingerprint density at radius 2 is 2.22 bits per heavy atom. The molecule has 2 rings (SSSR count). The second-order valence-corrected chi connectivity index (χ2v) is 4.05. The van der Waals surface area contributed by atoms with E-state index in [4.69, 9.17) is 5.11 Å². The summed E-state index contributed by atoms with van der Waals surface area (Å²) >= 11 is 0. The number of nitrogens with one attached hydrogen (secondary N) is 1. The summed E-state index contributed by atoms with van der Waals surface area (Å²) < 4.78 is 1.51. The minimum Gasteiger partial charge on any atom is -0.481 e. The Morgan fingerprint density at radius 3 is 2.89 bits per heavy atom. The number of hydrogen-bond acceptors (Lipinski definition) is 2. The number of H-pyrrole nitrogens is 1. The first-order valence-corrected chi connectivity index (χ1v) is 5.74. The van der Waals surface area contributed by atoms with E-state index in [9.17, 15) is 9.59 Å². The molecule has 0 saturated carbocycles. The van der Waals surface area contributed by atoms with Gasteiger partial charge in [0.1, 0.15) is 0 Å². The van der Waals surface area contributed by atoms with Crippen LogP contribution in [0, 0.1) is 0 Å². The lowest BCUT2D eigenvalue weighted by Crippen LogP contribution is -2.14. The lowest BCUT2D eigenvalue weighted by molar-refractivity contribution is -0.137. The molecule has 0 spiro atoms. The summed E-state index contributed by atoms with van der Waals surface area (Å²) in [6, 6.07) is 7.54. The zero-order valence-electron chi connectivity index (χ0n) is 9.80. The number of carboxylic acids is 1. The molecule has 0 amide bonds. The number of rotatable bonds is 5. The smallest absolute Gasteiger partial charge is 0.330 e. The topological polar surface area (TPSA) is 75.1 Å². The van der Waals surface area contributed by atoms with Crippen LogP contribution >= 0.6 is 0 Å². The number of aromatic nitrogens is 2. The predicted molar refractivity (Wildman–Crippen MR) is 67.0 cm³/mol. The summed E-state index contributed by atoms with van der Waals surface area (Å²) in [4.78, 5) is 24.5. The van der Waals surface area contributed by atoms with E-state index in [1.54, 1.807) is 12.4 Å². The summed E-state index contributed by atoms with van der Waals surface area (Å²) in [7, 11) is 0. The van der Waals surface area contributed by atoms with E-state index in [1.807, 2.05) is 24.3 Å². The largest absolute Gasteiger partial charge is 0.481 e. The molecule has 0 aliphatic carbocycles. The van der Waals surface area contributed by atoms with Crippen molar-refractivity contribution in [3.63, 3.8) is 0 Å². The first kappa shape index (κ1) is 12.2. The van der Waals surface area contributed by atoms with Crippen LogP contribution in [-0.2, 0) is 11.2 Å². The van der Waals surface area contributed by atoms with Crippen molar-refractivity contribution in [3.05, 3.63) is 52.7 Å². The molecule has 1 aromatic heterocycles. The van der Waals surface area contributed by atoms with Gasteiger partial charge in [-0.15, -0.1) is 0 Å². The number of nitrogens with zero attached hydrogens (tertiary/aromatic N) is 1. The van der Waals surface area contributed by atoms with Crippen LogP contribution in [0.25, 0.3) is 5.69 Å². The average Bonchev–Trinajstić information content (AvgIpc) is 2.75. The van der Waals surface area contributed by atoms with Crippen molar-refractivity contribution in [2.75, 3.05) is 0 Å². The number of aromatic amines is 1. The Hall–Kier alpha value is -2.30. The van der Waals surface area contributed by atoms with Gasteiger partial charge in [0.2, 0.25) is 0 Å². The van der Waals surface area contributed by atoms with E-state index in [2.05, 4.69) is 4.98 Å². The van der Waals surface area contributed by atoms with Gasteiger partial charge >= 0.3 is 11.7 Å². The molecule has 0 saturated heterocycles. The predicted octanol–water partition coefficient (Wildman–Crippen LogP) is 1.57. The molecule has 5 nitrogen and oxygen atoms in total. The fourth-order valence-electron chi connectivity index (χ4n) is 1.83. The molecule has 5 heteroatoms. The first-order valence-electron chi connectivity index (χ1n) is 5.74. The van der Waals surface area contributed by atoms with Crippen LogP contribution in [0.1, 0.15) is 18.4 Å². The highest BCUT2D eigenvalue weighted by atomic mass is 16.4. The summed E-state index contributed by atoms with van der Waals surface area (Å²) in [5, 5.41) is 8.58. The molecule has 94 valence electrons. The van der Waals surface area contributed by atoms with E-state index in [0.29, 0.717) is 12.8 Å². The number of hydrogen-bond donors (Lipinski definition) is 2. The van der Waals surface area contributed by atoms with Crippen LogP contribution in [0.15, 0.2) is 41.5 Å². The Bertz CT molecular complexity index is 598. The Balaban J connectivity index is 2.13.